The lowest BCUT2D eigenvalue weighted by Crippen LogP contribution is -2.45. The molecule has 0 aromatic carbocycles. The maximum Gasteiger partial charge on any atom is 0.191 e. The number of nitrogens with two attached hydrogens (primary N) is 1. The molecule has 0 aliphatic carbocycles. The second kappa shape index (κ2) is 6.21. The monoisotopic (exact) mass is 269 g/mol. The van der Waals surface area contributed by atoms with E-state index in [0.29, 0.717) is 11.9 Å². The highest BCUT2D eigenvalue weighted by Gasteiger charge is 2.23. The maximum atomic E-state index is 5.51. The fourth-order valence-electron chi connectivity index (χ4n) is 2.02. The van der Waals surface area contributed by atoms with Crippen molar-refractivity contribution in [2.45, 2.75) is 24.5 Å². The third-order valence-electron chi connectivity index (χ3n) is 3.02. The lowest BCUT2D eigenvalue weighted by Gasteiger charge is -2.36. The third kappa shape index (κ3) is 2.85. The minimum absolute atomic E-state index is 0.369. The van der Waals surface area contributed by atoms with Crippen molar-refractivity contribution in [3.8, 4) is 0 Å². The smallest absolute Gasteiger partial charge is 0.191 e. The minimum Gasteiger partial charge on any atom is -0.377 e. The van der Waals surface area contributed by atoms with E-state index in [4.69, 9.17) is 10.6 Å². The number of aromatic nitrogens is 2. The summed E-state index contributed by atoms with van der Waals surface area (Å²) in [7, 11) is 0. The molecule has 0 spiro atoms. The molecular formula is C11H19N5OS. The van der Waals surface area contributed by atoms with Crippen LogP contribution in [0, 0.1) is 0 Å². The molecule has 1 aliphatic heterocycles. The highest BCUT2D eigenvalue weighted by atomic mass is 32.2. The van der Waals surface area contributed by atoms with Gasteiger partial charge in [0.15, 0.2) is 5.16 Å². The second-order valence-corrected chi connectivity index (χ2v) is 4.85. The Morgan fingerprint density at radius 3 is 3.11 bits per heavy atom. The molecule has 1 fully saturated rings. The van der Waals surface area contributed by atoms with Gasteiger partial charge in [-0.3, -0.25) is 0 Å². The normalized spacial score (nSPS) is 19.9. The predicted molar refractivity (Wildman–Crippen MR) is 73.9 cm³/mol. The third-order valence-corrected chi connectivity index (χ3v) is 3.56. The van der Waals surface area contributed by atoms with Crippen molar-refractivity contribution in [3.05, 3.63) is 6.07 Å². The Labute approximate surface area is 111 Å². The first-order valence-electron chi connectivity index (χ1n) is 6.02. The lowest BCUT2D eigenvalue weighted by atomic mass is 10.2. The molecular weight excluding hydrogens is 250 g/mol. The average Bonchev–Trinajstić information content (AvgIpc) is 2.46. The van der Waals surface area contributed by atoms with E-state index in [2.05, 4.69) is 27.2 Å². The van der Waals surface area contributed by atoms with E-state index in [1.54, 1.807) is 0 Å². The van der Waals surface area contributed by atoms with Gasteiger partial charge in [-0.15, -0.1) is 0 Å². The van der Waals surface area contributed by atoms with Crippen LogP contribution in [0.3, 0.4) is 0 Å². The van der Waals surface area contributed by atoms with Crippen molar-refractivity contribution in [2.24, 2.45) is 5.84 Å². The van der Waals surface area contributed by atoms with Crippen LogP contribution in [0.2, 0.25) is 0 Å². The lowest BCUT2D eigenvalue weighted by molar-refractivity contribution is 0.0925. The van der Waals surface area contributed by atoms with Gasteiger partial charge in [-0.25, -0.2) is 15.8 Å². The predicted octanol–water partition coefficient (Wildman–Crippen LogP) is 1.10. The van der Waals surface area contributed by atoms with Crippen molar-refractivity contribution in [2.75, 3.05) is 36.3 Å². The fraction of sp³-hybridized carbons (Fsp3) is 0.636. The van der Waals surface area contributed by atoms with Gasteiger partial charge >= 0.3 is 0 Å². The number of anilines is 2. The van der Waals surface area contributed by atoms with E-state index in [9.17, 15) is 0 Å². The number of rotatable bonds is 4. The summed E-state index contributed by atoms with van der Waals surface area (Å²) < 4.78 is 5.51. The summed E-state index contributed by atoms with van der Waals surface area (Å²) in [6.07, 6.45) is 2.99. The van der Waals surface area contributed by atoms with Crippen molar-refractivity contribution in [3.63, 3.8) is 0 Å². The van der Waals surface area contributed by atoms with E-state index in [-0.39, 0.29) is 0 Å². The maximum absolute atomic E-state index is 5.51. The highest BCUT2D eigenvalue weighted by Crippen LogP contribution is 2.24. The Balaban J connectivity index is 2.29. The summed E-state index contributed by atoms with van der Waals surface area (Å²) in [5, 5.41) is 0.724. The Morgan fingerprint density at radius 1 is 1.61 bits per heavy atom. The van der Waals surface area contributed by atoms with Gasteiger partial charge in [0, 0.05) is 12.6 Å². The molecule has 6 nitrogen and oxygen atoms in total. The number of hydrogen-bond acceptors (Lipinski definition) is 7. The van der Waals surface area contributed by atoms with Crippen molar-refractivity contribution >= 4 is 23.4 Å². The number of morpholine rings is 1. The number of hydrogen-bond donors (Lipinski definition) is 2. The summed E-state index contributed by atoms with van der Waals surface area (Å²) in [5.74, 6) is 7.00. The molecule has 1 aliphatic rings. The van der Waals surface area contributed by atoms with Crippen LogP contribution in [-0.2, 0) is 4.74 Å². The Morgan fingerprint density at radius 2 is 2.44 bits per heavy atom. The van der Waals surface area contributed by atoms with E-state index in [1.165, 1.54) is 11.8 Å². The number of nitrogens with zero attached hydrogens (tertiary/aromatic N) is 3. The second-order valence-electron chi connectivity index (χ2n) is 4.07. The standard InChI is InChI=1S/C11H19N5OS/c1-3-8-7-17-5-4-16(8)10-6-9(15-12)13-11(14-10)18-2/h6,8H,3-5,7,12H2,1-2H3,(H,13,14,15). The van der Waals surface area contributed by atoms with Crippen LogP contribution in [-0.4, -0.2) is 42.0 Å². The van der Waals surface area contributed by atoms with Gasteiger partial charge in [-0.05, 0) is 12.7 Å². The van der Waals surface area contributed by atoms with E-state index < -0.39 is 0 Å². The van der Waals surface area contributed by atoms with Gasteiger partial charge < -0.3 is 15.1 Å². The summed E-state index contributed by atoms with van der Waals surface area (Å²) in [6, 6.07) is 2.25. The summed E-state index contributed by atoms with van der Waals surface area (Å²) >= 11 is 1.51. The number of thioether (sulfide) groups is 1. The molecule has 2 heterocycles. The van der Waals surface area contributed by atoms with Crippen LogP contribution < -0.4 is 16.2 Å². The van der Waals surface area contributed by atoms with E-state index >= 15 is 0 Å². The summed E-state index contributed by atoms with van der Waals surface area (Å²) in [6.45, 7) is 4.50. The minimum atomic E-state index is 0.369. The SMILES string of the molecule is CCC1COCCN1c1cc(NN)nc(SC)n1. The molecule has 1 aromatic rings. The topological polar surface area (TPSA) is 76.3 Å². The zero-order valence-corrected chi connectivity index (χ0v) is 11.5. The first-order valence-corrected chi connectivity index (χ1v) is 7.25. The van der Waals surface area contributed by atoms with E-state index in [1.807, 2.05) is 12.3 Å². The van der Waals surface area contributed by atoms with Crippen LogP contribution in [0.5, 0.6) is 0 Å². The molecule has 1 aromatic heterocycles. The molecule has 0 saturated carbocycles. The van der Waals surface area contributed by atoms with Crippen LogP contribution in [0.15, 0.2) is 11.2 Å². The summed E-state index contributed by atoms with van der Waals surface area (Å²) in [4.78, 5) is 11.1. The number of nitrogens with one attached hydrogen (secondary N) is 1. The van der Waals surface area contributed by atoms with E-state index in [0.717, 1.165) is 37.2 Å². The molecule has 0 bridgehead atoms. The number of hydrazine groups is 1. The van der Waals surface area contributed by atoms with Crippen LogP contribution in [0.4, 0.5) is 11.6 Å². The average molecular weight is 269 g/mol. The number of nitrogen functional groups attached to an aromatic ring is 1. The largest absolute Gasteiger partial charge is 0.377 e. The van der Waals surface area contributed by atoms with Gasteiger partial charge in [0.05, 0.1) is 19.3 Å². The molecule has 0 radical (unpaired) electrons. The Kier molecular flexibility index (Phi) is 4.62. The van der Waals surface area contributed by atoms with Crippen molar-refractivity contribution < 1.29 is 4.74 Å². The molecule has 2 rings (SSSR count). The van der Waals surface area contributed by atoms with Gasteiger partial charge in [0.2, 0.25) is 0 Å². The van der Waals surface area contributed by atoms with Crippen LogP contribution in [0.1, 0.15) is 13.3 Å². The molecule has 1 atom stereocenters. The number of ether oxygens (including phenoxy) is 1. The van der Waals surface area contributed by atoms with Gasteiger partial charge in [-0.2, -0.15) is 0 Å². The first-order chi connectivity index (χ1) is 8.78. The molecule has 1 saturated heterocycles. The fourth-order valence-corrected chi connectivity index (χ4v) is 2.39. The molecule has 3 N–H and O–H groups in total. The van der Waals surface area contributed by atoms with Crippen molar-refractivity contribution in [1.29, 1.82) is 0 Å². The molecule has 100 valence electrons. The van der Waals surface area contributed by atoms with Crippen LogP contribution in [0.25, 0.3) is 0 Å². The first kappa shape index (κ1) is 13.4. The molecule has 18 heavy (non-hydrogen) atoms. The quantitative estimate of drug-likeness (QED) is 0.367. The van der Waals surface area contributed by atoms with Gasteiger partial charge in [0.25, 0.3) is 0 Å². The van der Waals surface area contributed by atoms with Crippen LogP contribution >= 0.6 is 11.8 Å². The Bertz CT molecular complexity index is 381. The van der Waals surface area contributed by atoms with Crippen molar-refractivity contribution in [1.82, 2.24) is 9.97 Å². The molecule has 0 amide bonds. The van der Waals surface area contributed by atoms with Gasteiger partial charge in [-0.1, -0.05) is 18.7 Å². The Hall–Kier alpha value is -1.05. The highest BCUT2D eigenvalue weighted by molar-refractivity contribution is 7.98. The van der Waals surface area contributed by atoms with Gasteiger partial charge in [0.1, 0.15) is 11.6 Å². The summed E-state index contributed by atoms with van der Waals surface area (Å²) in [5.41, 5.74) is 2.59. The zero-order chi connectivity index (χ0) is 13.0. The zero-order valence-electron chi connectivity index (χ0n) is 10.7. The molecule has 1 unspecified atom stereocenters. The molecule has 7 heteroatoms.